The van der Waals surface area contributed by atoms with Crippen molar-refractivity contribution in [3.8, 4) is 0 Å². The first kappa shape index (κ1) is 17.1. The van der Waals surface area contributed by atoms with Gasteiger partial charge in [0.05, 0.1) is 6.54 Å². The van der Waals surface area contributed by atoms with Gasteiger partial charge in [-0.05, 0) is 21.0 Å². The van der Waals surface area contributed by atoms with E-state index in [0.717, 1.165) is 6.54 Å². The first-order valence-corrected chi connectivity index (χ1v) is 6.69. The number of rotatable bonds is 9. The number of nitrogens with one attached hydrogen (secondary N) is 1. The number of nitrogens with zero attached hydrogens (tertiary/aromatic N) is 3. The Bertz CT molecular complexity index is 472. The second-order valence-corrected chi connectivity index (χ2v) is 5.09. The molecule has 0 radical (unpaired) electrons. The minimum absolute atomic E-state index is 0.0792. The van der Waals surface area contributed by atoms with Crippen molar-refractivity contribution in [1.82, 2.24) is 15.0 Å². The Balaban J connectivity index is 2.39. The molecule has 0 saturated heterocycles. The molecule has 0 aromatic carbocycles. The highest BCUT2D eigenvalue weighted by atomic mass is 16.5. The first-order chi connectivity index (χ1) is 9.86. The monoisotopic (exact) mass is 298 g/mol. The lowest BCUT2D eigenvalue weighted by atomic mass is 10.3. The smallest absolute Gasteiger partial charge is 0.317 e. The van der Waals surface area contributed by atoms with Crippen LogP contribution in [0.2, 0.25) is 0 Å². The third-order valence-electron chi connectivity index (χ3n) is 2.77. The molecule has 0 spiro atoms. The number of hydrogen-bond acceptors (Lipinski definition) is 6. The molecular weight excluding hydrogens is 276 g/mol. The highest BCUT2D eigenvalue weighted by Crippen LogP contribution is 2.07. The van der Waals surface area contributed by atoms with Gasteiger partial charge in [-0.15, -0.1) is 0 Å². The van der Waals surface area contributed by atoms with Crippen molar-refractivity contribution in [3.63, 3.8) is 0 Å². The molecule has 0 aliphatic rings. The number of aromatic nitrogens is 1. The van der Waals surface area contributed by atoms with Crippen LogP contribution in [0.1, 0.15) is 12.2 Å². The molecule has 21 heavy (non-hydrogen) atoms. The van der Waals surface area contributed by atoms with Crippen LogP contribution in [0, 0.1) is 6.92 Å². The zero-order chi connectivity index (χ0) is 15.8. The van der Waals surface area contributed by atoms with E-state index < -0.39 is 5.97 Å². The summed E-state index contributed by atoms with van der Waals surface area (Å²) in [6.45, 7) is 3.36. The minimum Gasteiger partial charge on any atom is -0.480 e. The molecule has 0 bridgehead atoms. The van der Waals surface area contributed by atoms with Gasteiger partial charge in [0.1, 0.15) is 5.76 Å². The number of hydrogen-bond donors (Lipinski definition) is 2. The molecule has 2 N–H and O–H groups in total. The molecule has 1 rings (SSSR count). The summed E-state index contributed by atoms with van der Waals surface area (Å²) in [7, 11) is 3.83. The van der Waals surface area contributed by atoms with Crippen LogP contribution in [-0.2, 0) is 9.59 Å². The summed E-state index contributed by atoms with van der Waals surface area (Å²) in [4.78, 5) is 26.3. The minimum atomic E-state index is -0.902. The molecule has 118 valence electrons. The van der Waals surface area contributed by atoms with E-state index in [2.05, 4.69) is 10.5 Å². The van der Waals surface area contributed by atoms with E-state index in [4.69, 9.17) is 9.63 Å². The molecule has 8 nitrogen and oxygen atoms in total. The molecule has 0 fully saturated rings. The maximum Gasteiger partial charge on any atom is 0.317 e. The van der Waals surface area contributed by atoms with Crippen LogP contribution in [0.5, 0.6) is 0 Å². The third-order valence-corrected chi connectivity index (χ3v) is 2.77. The number of aliphatic carboxylic acids is 1. The molecule has 1 aromatic heterocycles. The van der Waals surface area contributed by atoms with Gasteiger partial charge < -0.3 is 19.8 Å². The average Bonchev–Trinajstić information content (AvgIpc) is 2.77. The van der Waals surface area contributed by atoms with Crippen LogP contribution in [0.15, 0.2) is 10.6 Å². The van der Waals surface area contributed by atoms with Crippen LogP contribution < -0.4 is 5.32 Å². The number of likely N-dealkylation sites (N-methyl/N-ethyl adjacent to an activating group) is 1. The van der Waals surface area contributed by atoms with E-state index in [1.54, 1.807) is 17.9 Å². The molecular formula is C13H22N4O4. The Hall–Kier alpha value is -1.93. The Labute approximate surface area is 123 Å². The van der Waals surface area contributed by atoms with E-state index in [-0.39, 0.29) is 18.9 Å². The van der Waals surface area contributed by atoms with Crippen LogP contribution in [-0.4, -0.2) is 72.2 Å². The van der Waals surface area contributed by atoms with Gasteiger partial charge >= 0.3 is 5.97 Å². The predicted octanol–water partition coefficient (Wildman–Crippen LogP) is 0.260. The SMILES string of the molecule is Cc1cc(NC(=O)CCN(CCN(C)C)CC(=O)O)no1. The second kappa shape index (κ2) is 8.38. The second-order valence-electron chi connectivity index (χ2n) is 5.09. The van der Waals surface area contributed by atoms with E-state index in [0.29, 0.717) is 24.7 Å². The Morgan fingerprint density at radius 2 is 2.05 bits per heavy atom. The number of carbonyl (C=O) groups is 2. The molecule has 0 aliphatic carbocycles. The lowest BCUT2D eigenvalue weighted by Gasteiger charge is -2.21. The van der Waals surface area contributed by atoms with Crippen LogP contribution in [0.3, 0.4) is 0 Å². The summed E-state index contributed by atoms with van der Waals surface area (Å²) < 4.78 is 4.85. The fourth-order valence-electron chi connectivity index (χ4n) is 1.69. The maximum absolute atomic E-state index is 11.8. The normalized spacial score (nSPS) is 11.1. The highest BCUT2D eigenvalue weighted by molar-refractivity contribution is 5.89. The number of carboxylic acids is 1. The van der Waals surface area contributed by atoms with E-state index in [1.165, 1.54) is 0 Å². The van der Waals surface area contributed by atoms with Crippen molar-refractivity contribution < 1.29 is 19.2 Å². The van der Waals surface area contributed by atoms with Crippen molar-refractivity contribution in [2.24, 2.45) is 0 Å². The lowest BCUT2D eigenvalue weighted by Crippen LogP contribution is -2.37. The summed E-state index contributed by atoms with van der Waals surface area (Å²) in [6.07, 6.45) is 0.201. The molecule has 1 heterocycles. The topological polar surface area (TPSA) is 98.9 Å². The van der Waals surface area contributed by atoms with Gasteiger partial charge in [0.15, 0.2) is 5.82 Å². The van der Waals surface area contributed by atoms with Gasteiger partial charge in [0.25, 0.3) is 0 Å². The summed E-state index contributed by atoms with van der Waals surface area (Å²) in [5.74, 6) is -0.135. The van der Waals surface area contributed by atoms with Crippen molar-refractivity contribution >= 4 is 17.7 Å². The van der Waals surface area contributed by atoms with E-state index in [9.17, 15) is 9.59 Å². The summed E-state index contributed by atoms with van der Waals surface area (Å²) >= 11 is 0. The highest BCUT2D eigenvalue weighted by Gasteiger charge is 2.13. The largest absolute Gasteiger partial charge is 0.480 e. The van der Waals surface area contributed by atoms with Crippen LogP contribution in [0.25, 0.3) is 0 Å². The standard InChI is InChI=1S/C13H22N4O4/c1-10-8-11(15-21-10)14-12(18)4-5-17(9-13(19)20)7-6-16(2)3/h8H,4-7,9H2,1-3H3,(H,19,20)(H,14,15,18). The molecule has 8 heteroatoms. The zero-order valence-electron chi connectivity index (χ0n) is 12.6. The average molecular weight is 298 g/mol. The van der Waals surface area contributed by atoms with Gasteiger partial charge in [-0.1, -0.05) is 5.16 Å². The summed E-state index contributed by atoms with van der Waals surface area (Å²) in [6, 6.07) is 1.62. The molecule has 0 unspecified atom stereocenters. The van der Waals surface area contributed by atoms with Gasteiger partial charge in [-0.2, -0.15) is 0 Å². The van der Waals surface area contributed by atoms with Crippen molar-refractivity contribution in [2.75, 3.05) is 45.6 Å². The molecule has 0 saturated carbocycles. The number of anilines is 1. The van der Waals surface area contributed by atoms with Crippen LogP contribution >= 0.6 is 0 Å². The summed E-state index contributed by atoms with van der Waals surface area (Å²) in [5, 5.41) is 15.2. The van der Waals surface area contributed by atoms with Gasteiger partial charge in [0, 0.05) is 32.1 Å². The molecule has 1 amide bonds. The van der Waals surface area contributed by atoms with Gasteiger partial charge in [-0.3, -0.25) is 14.5 Å². The lowest BCUT2D eigenvalue weighted by molar-refractivity contribution is -0.138. The van der Waals surface area contributed by atoms with Crippen LogP contribution in [0.4, 0.5) is 5.82 Å². The number of aryl methyl sites for hydroxylation is 1. The fourth-order valence-corrected chi connectivity index (χ4v) is 1.69. The maximum atomic E-state index is 11.8. The van der Waals surface area contributed by atoms with Gasteiger partial charge in [0.2, 0.25) is 5.91 Å². The van der Waals surface area contributed by atoms with Crippen molar-refractivity contribution in [2.45, 2.75) is 13.3 Å². The molecule has 0 atom stereocenters. The Kier molecular flexibility index (Phi) is 6.83. The van der Waals surface area contributed by atoms with Gasteiger partial charge in [-0.25, -0.2) is 0 Å². The van der Waals surface area contributed by atoms with Crippen molar-refractivity contribution in [1.29, 1.82) is 0 Å². The number of carboxylic acid groups (broad SMARTS) is 1. The zero-order valence-corrected chi connectivity index (χ0v) is 12.6. The fraction of sp³-hybridized carbons (Fsp3) is 0.615. The predicted molar refractivity (Wildman–Crippen MR) is 77.1 cm³/mol. The third kappa shape index (κ3) is 7.42. The molecule has 1 aromatic rings. The quantitative estimate of drug-likeness (QED) is 0.674. The summed E-state index contributed by atoms with van der Waals surface area (Å²) in [5.41, 5.74) is 0. The van der Waals surface area contributed by atoms with E-state index in [1.807, 2.05) is 19.0 Å². The van der Waals surface area contributed by atoms with Crippen molar-refractivity contribution in [3.05, 3.63) is 11.8 Å². The first-order valence-electron chi connectivity index (χ1n) is 6.69. The van der Waals surface area contributed by atoms with E-state index >= 15 is 0 Å². The molecule has 0 aliphatic heterocycles. The Morgan fingerprint density at radius 3 is 2.57 bits per heavy atom. The number of amides is 1. The Morgan fingerprint density at radius 1 is 1.33 bits per heavy atom. The number of carbonyl (C=O) groups excluding carboxylic acids is 1.